The van der Waals surface area contributed by atoms with E-state index in [4.69, 9.17) is 0 Å². The predicted octanol–water partition coefficient (Wildman–Crippen LogP) is 1.54. The van der Waals surface area contributed by atoms with Crippen molar-refractivity contribution in [2.45, 2.75) is 11.8 Å². The van der Waals surface area contributed by atoms with E-state index in [1.54, 1.807) is 0 Å². The fraction of sp³-hybridized carbons (Fsp3) is 0.222. The Morgan fingerprint density at radius 2 is 1.69 bits per heavy atom. The number of rotatable bonds is 2. The van der Waals surface area contributed by atoms with E-state index in [1.165, 1.54) is 31.2 Å². The molecule has 0 heterocycles. The topological polar surface area (TPSA) is 51.2 Å². The highest BCUT2D eigenvalue weighted by Crippen LogP contribution is 2.10. The van der Waals surface area contributed by atoms with E-state index in [0.29, 0.717) is 5.56 Å². The van der Waals surface area contributed by atoms with Gasteiger partial charge in [-0.25, -0.2) is 8.42 Å². The van der Waals surface area contributed by atoms with E-state index >= 15 is 0 Å². The first kappa shape index (κ1) is 9.92. The maximum Gasteiger partial charge on any atom is 0.175 e. The maximum atomic E-state index is 11.0. The minimum absolute atomic E-state index is 0. The van der Waals surface area contributed by atoms with Crippen LogP contribution >= 0.6 is 0 Å². The molecule has 0 aliphatic rings. The van der Waals surface area contributed by atoms with E-state index in [2.05, 4.69) is 0 Å². The Hall–Kier alpha value is -1.16. The molecule has 0 bridgehead atoms. The lowest BCUT2D eigenvalue weighted by Crippen LogP contribution is -1.98. The fourth-order valence-electron chi connectivity index (χ4n) is 0.937. The third-order valence-corrected chi connectivity index (χ3v) is 2.82. The zero-order valence-corrected chi connectivity index (χ0v) is 8.26. The molecule has 0 saturated carbocycles. The summed E-state index contributed by atoms with van der Waals surface area (Å²) in [6.45, 7) is 1.44. The first-order chi connectivity index (χ1) is 5.91. The predicted molar refractivity (Wildman–Crippen MR) is 51.7 cm³/mol. The van der Waals surface area contributed by atoms with Gasteiger partial charge in [0.2, 0.25) is 0 Å². The van der Waals surface area contributed by atoms with Crippen LogP contribution in [0.5, 0.6) is 0 Å². The SMILES string of the molecule is CC(=O)c1ccc(S(C)(=O)=O)cc1.[2HH]. The maximum absolute atomic E-state index is 11.0. The summed E-state index contributed by atoms with van der Waals surface area (Å²) < 4.78 is 22.1. The number of carbonyl (C=O) groups excluding carboxylic acids is 1. The van der Waals surface area contributed by atoms with Gasteiger partial charge in [-0.1, -0.05) is 12.1 Å². The van der Waals surface area contributed by atoms with Crippen LogP contribution in [0.1, 0.15) is 18.7 Å². The molecule has 0 fully saturated rings. The molecule has 0 unspecified atom stereocenters. The first-order valence-corrected chi connectivity index (χ1v) is 5.61. The first-order valence-electron chi connectivity index (χ1n) is 3.72. The number of ketones is 1. The molecule has 0 aliphatic carbocycles. The highest BCUT2D eigenvalue weighted by Gasteiger charge is 2.06. The molecule has 3 nitrogen and oxygen atoms in total. The molecule has 0 saturated heterocycles. The average Bonchev–Trinajstić information content (AvgIpc) is 2.03. The second-order valence-electron chi connectivity index (χ2n) is 2.85. The second kappa shape index (κ2) is 3.30. The van der Waals surface area contributed by atoms with Crippen LogP contribution < -0.4 is 0 Å². The lowest BCUT2D eigenvalue weighted by Gasteiger charge is -1.98. The van der Waals surface area contributed by atoms with Gasteiger partial charge in [-0.15, -0.1) is 0 Å². The zero-order chi connectivity index (χ0) is 10.1. The van der Waals surface area contributed by atoms with Crippen molar-refractivity contribution in [2.24, 2.45) is 0 Å². The smallest absolute Gasteiger partial charge is 0.175 e. The highest BCUT2D eigenvalue weighted by atomic mass is 32.2. The van der Waals surface area contributed by atoms with Crippen LogP contribution in [0, 0.1) is 0 Å². The van der Waals surface area contributed by atoms with Crippen LogP contribution in [0.2, 0.25) is 0 Å². The van der Waals surface area contributed by atoms with Crippen molar-refractivity contribution in [3.05, 3.63) is 29.8 Å². The van der Waals surface area contributed by atoms with Crippen molar-refractivity contribution < 1.29 is 14.6 Å². The van der Waals surface area contributed by atoms with Crippen LogP contribution in [0.4, 0.5) is 0 Å². The van der Waals surface area contributed by atoms with E-state index < -0.39 is 9.84 Å². The third kappa shape index (κ3) is 2.39. The molecule has 0 N–H and O–H groups in total. The number of Topliss-reactive ketones (excluding diaryl/α,β-unsaturated/α-hetero) is 1. The Balaban J connectivity index is 0.00000169. The number of hydrogen-bond donors (Lipinski definition) is 0. The molecular formula is C9H12O3S. The second-order valence-corrected chi connectivity index (χ2v) is 4.87. The Morgan fingerprint density at radius 3 is 2.00 bits per heavy atom. The molecule has 0 radical (unpaired) electrons. The Labute approximate surface area is 78.8 Å². The van der Waals surface area contributed by atoms with Gasteiger partial charge in [0, 0.05) is 13.2 Å². The molecule has 4 heteroatoms. The van der Waals surface area contributed by atoms with Crippen LogP contribution in [-0.4, -0.2) is 20.5 Å². The minimum atomic E-state index is -3.16. The van der Waals surface area contributed by atoms with E-state index in [0.717, 1.165) is 6.26 Å². The van der Waals surface area contributed by atoms with Crippen LogP contribution in [0.3, 0.4) is 0 Å². The molecule has 0 aliphatic heterocycles. The number of sulfone groups is 1. The summed E-state index contributed by atoms with van der Waals surface area (Å²) >= 11 is 0. The van der Waals surface area contributed by atoms with Crippen LogP contribution in [-0.2, 0) is 9.84 Å². The quantitative estimate of drug-likeness (QED) is 0.682. The molecule has 72 valence electrons. The standard InChI is InChI=1S/C9H10O3S.H2/c1-7(10)8-3-5-9(6-4-8)13(2,11)12;/h3-6H,1-2H3;1H/i;1+1. The van der Waals surface area contributed by atoms with Crippen LogP contribution in [0.25, 0.3) is 0 Å². The lowest BCUT2D eigenvalue weighted by atomic mass is 10.2. The van der Waals surface area contributed by atoms with E-state index in [-0.39, 0.29) is 12.1 Å². The summed E-state index contributed by atoms with van der Waals surface area (Å²) in [5, 5.41) is 0. The van der Waals surface area contributed by atoms with Crippen molar-refractivity contribution >= 4 is 15.6 Å². The average molecular weight is 201 g/mol. The Bertz CT molecular complexity index is 420. The molecule has 1 rings (SSSR count). The molecule has 1 aromatic carbocycles. The summed E-state index contributed by atoms with van der Waals surface area (Å²) in [5.41, 5.74) is 0.521. The molecule has 0 atom stereocenters. The largest absolute Gasteiger partial charge is 0.295 e. The normalized spacial score (nSPS) is 11.2. The van der Waals surface area contributed by atoms with Crippen molar-refractivity contribution in [1.29, 1.82) is 0 Å². The molecular weight excluding hydrogens is 188 g/mol. The van der Waals surface area contributed by atoms with E-state index in [1.807, 2.05) is 0 Å². The van der Waals surface area contributed by atoms with Gasteiger partial charge >= 0.3 is 0 Å². The fourth-order valence-corrected chi connectivity index (χ4v) is 1.57. The van der Waals surface area contributed by atoms with Gasteiger partial charge < -0.3 is 0 Å². The summed E-state index contributed by atoms with van der Waals surface area (Å²) in [7, 11) is -3.16. The zero-order valence-electron chi connectivity index (χ0n) is 7.44. The van der Waals surface area contributed by atoms with Gasteiger partial charge in [0.25, 0.3) is 0 Å². The van der Waals surface area contributed by atoms with Gasteiger partial charge in [-0.2, -0.15) is 0 Å². The van der Waals surface area contributed by atoms with Crippen molar-refractivity contribution in [3.63, 3.8) is 0 Å². The summed E-state index contributed by atoms with van der Waals surface area (Å²) in [6, 6.07) is 5.90. The number of hydrogen-bond acceptors (Lipinski definition) is 3. The monoisotopic (exact) mass is 201 g/mol. The highest BCUT2D eigenvalue weighted by molar-refractivity contribution is 7.90. The third-order valence-electron chi connectivity index (χ3n) is 1.69. The molecule has 13 heavy (non-hydrogen) atoms. The molecule has 0 aromatic heterocycles. The molecule has 1 aromatic rings. The van der Waals surface area contributed by atoms with Gasteiger partial charge in [0.1, 0.15) is 0 Å². The lowest BCUT2D eigenvalue weighted by molar-refractivity contribution is 0.101. The van der Waals surface area contributed by atoms with Crippen molar-refractivity contribution in [2.75, 3.05) is 6.26 Å². The summed E-state index contributed by atoms with van der Waals surface area (Å²) in [6.07, 6.45) is 1.13. The summed E-state index contributed by atoms with van der Waals surface area (Å²) in [4.78, 5) is 11.1. The number of benzene rings is 1. The van der Waals surface area contributed by atoms with Gasteiger partial charge in [0.15, 0.2) is 15.6 Å². The van der Waals surface area contributed by atoms with Gasteiger partial charge in [-0.3, -0.25) is 4.79 Å². The Morgan fingerprint density at radius 1 is 1.23 bits per heavy atom. The minimum Gasteiger partial charge on any atom is -0.295 e. The van der Waals surface area contributed by atoms with Gasteiger partial charge in [-0.05, 0) is 19.1 Å². The molecule has 0 amide bonds. The Kier molecular flexibility index (Phi) is 2.52. The van der Waals surface area contributed by atoms with Gasteiger partial charge in [0.05, 0.1) is 4.90 Å². The van der Waals surface area contributed by atoms with Crippen LogP contribution in [0.15, 0.2) is 29.2 Å². The van der Waals surface area contributed by atoms with Crippen molar-refractivity contribution in [1.82, 2.24) is 0 Å². The number of carbonyl (C=O) groups is 1. The van der Waals surface area contributed by atoms with E-state index in [9.17, 15) is 13.2 Å². The van der Waals surface area contributed by atoms with Crippen molar-refractivity contribution in [3.8, 4) is 0 Å². The molecule has 0 spiro atoms. The summed E-state index contributed by atoms with van der Waals surface area (Å²) in [5.74, 6) is -0.0694.